The zero-order valence-electron chi connectivity index (χ0n) is 11.1. The summed E-state index contributed by atoms with van der Waals surface area (Å²) < 4.78 is 0. The molecule has 2 rings (SSSR count). The molecule has 0 saturated heterocycles. The number of nitrogens with zero attached hydrogens (tertiary/aromatic N) is 1. The number of carbonyl (C=O) groups excluding carboxylic acids is 2. The zero-order valence-corrected chi connectivity index (χ0v) is 11.1. The summed E-state index contributed by atoms with van der Waals surface area (Å²) in [5.74, 6) is -1.68. The predicted octanol–water partition coefficient (Wildman–Crippen LogP) is 1.91. The maximum Gasteiger partial charge on any atom is 0.303 e. The second kappa shape index (κ2) is 5.69. The highest BCUT2D eigenvalue weighted by atomic mass is 16.4. The molecule has 20 heavy (non-hydrogen) atoms. The zero-order chi connectivity index (χ0) is 14.7. The van der Waals surface area contributed by atoms with E-state index in [2.05, 4.69) is 0 Å². The Labute approximate surface area is 116 Å². The minimum absolute atomic E-state index is 0.102. The van der Waals surface area contributed by atoms with E-state index in [1.807, 2.05) is 6.07 Å². The highest BCUT2D eigenvalue weighted by molar-refractivity contribution is 6.16. The molecule has 0 bridgehead atoms. The maximum atomic E-state index is 12.1. The number of rotatable bonds is 5. The highest BCUT2D eigenvalue weighted by Gasteiger charge is 2.35. The Morgan fingerprint density at radius 1 is 1.25 bits per heavy atom. The predicted molar refractivity (Wildman–Crippen MR) is 71.7 cm³/mol. The van der Waals surface area contributed by atoms with Gasteiger partial charge in [-0.15, -0.1) is 0 Å². The van der Waals surface area contributed by atoms with Gasteiger partial charge < -0.3 is 5.11 Å². The van der Waals surface area contributed by atoms with Crippen molar-refractivity contribution in [2.75, 3.05) is 0 Å². The first-order valence-corrected chi connectivity index (χ1v) is 6.33. The number of hydrogen-bond acceptors (Lipinski definition) is 3. The van der Waals surface area contributed by atoms with Crippen LogP contribution in [0.5, 0.6) is 0 Å². The quantitative estimate of drug-likeness (QED) is 0.831. The summed E-state index contributed by atoms with van der Waals surface area (Å²) in [5, 5.41) is 8.83. The van der Waals surface area contributed by atoms with Crippen molar-refractivity contribution in [3.05, 3.63) is 47.5 Å². The summed E-state index contributed by atoms with van der Waals surface area (Å²) in [6.07, 6.45) is 1.40. The smallest absolute Gasteiger partial charge is 0.303 e. The van der Waals surface area contributed by atoms with Gasteiger partial charge in [0.05, 0.1) is 6.04 Å². The molecule has 1 N–H and O–H groups in total. The van der Waals surface area contributed by atoms with Crippen LogP contribution in [-0.4, -0.2) is 27.8 Å². The van der Waals surface area contributed by atoms with E-state index in [-0.39, 0.29) is 24.7 Å². The normalized spacial score (nSPS) is 16.2. The number of carboxylic acid groups (broad SMARTS) is 1. The van der Waals surface area contributed by atoms with E-state index in [0.717, 1.165) is 10.5 Å². The van der Waals surface area contributed by atoms with Crippen molar-refractivity contribution in [3.63, 3.8) is 0 Å². The molecular weight excluding hydrogens is 258 g/mol. The van der Waals surface area contributed by atoms with Gasteiger partial charge in [-0.3, -0.25) is 19.3 Å². The average molecular weight is 273 g/mol. The lowest BCUT2D eigenvalue weighted by atomic mass is 10.00. The standard InChI is InChI=1S/C15H15NO4/c1-10-9-13(17)16(15(10)20)12(7-8-14(18)19)11-5-3-2-4-6-11/h2-6,9,12H,7-8H2,1H3,(H,18,19). The molecule has 1 unspecified atom stereocenters. The number of carboxylic acids is 1. The van der Waals surface area contributed by atoms with Gasteiger partial charge in [0, 0.05) is 18.1 Å². The van der Waals surface area contributed by atoms with Crippen LogP contribution >= 0.6 is 0 Å². The van der Waals surface area contributed by atoms with Crippen molar-refractivity contribution in [1.82, 2.24) is 4.90 Å². The first-order chi connectivity index (χ1) is 9.50. The molecule has 0 spiro atoms. The summed E-state index contributed by atoms with van der Waals surface area (Å²) in [5.41, 5.74) is 1.14. The van der Waals surface area contributed by atoms with Crippen molar-refractivity contribution < 1.29 is 19.5 Å². The van der Waals surface area contributed by atoms with Gasteiger partial charge in [-0.1, -0.05) is 30.3 Å². The Kier molecular flexibility index (Phi) is 3.98. The third-order valence-electron chi connectivity index (χ3n) is 3.26. The second-order valence-electron chi connectivity index (χ2n) is 4.70. The van der Waals surface area contributed by atoms with Crippen LogP contribution in [0.2, 0.25) is 0 Å². The van der Waals surface area contributed by atoms with Crippen molar-refractivity contribution in [1.29, 1.82) is 0 Å². The molecule has 1 atom stereocenters. The van der Waals surface area contributed by atoms with Gasteiger partial charge in [0.2, 0.25) is 0 Å². The Bertz CT molecular complexity index is 577. The number of amides is 2. The number of carbonyl (C=O) groups is 3. The van der Waals surface area contributed by atoms with Gasteiger partial charge in [0.25, 0.3) is 11.8 Å². The molecule has 0 fully saturated rings. The topological polar surface area (TPSA) is 74.7 Å². The van der Waals surface area contributed by atoms with Crippen molar-refractivity contribution >= 4 is 17.8 Å². The lowest BCUT2D eigenvalue weighted by Gasteiger charge is -2.26. The Balaban J connectivity index is 2.30. The lowest BCUT2D eigenvalue weighted by Crippen LogP contribution is -2.35. The number of benzene rings is 1. The number of hydrogen-bond donors (Lipinski definition) is 1. The fraction of sp³-hybridized carbons (Fsp3) is 0.267. The van der Waals surface area contributed by atoms with E-state index >= 15 is 0 Å². The van der Waals surface area contributed by atoms with Crippen LogP contribution in [0, 0.1) is 0 Å². The molecule has 5 heteroatoms. The van der Waals surface area contributed by atoms with Crippen LogP contribution in [0.15, 0.2) is 42.0 Å². The van der Waals surface area contributed by atoms with E-state index in [1.54, 1.807) is 31.2 Å². The fourth-order valence-electron chi connectivity index (χ4n) is 2.28. The summed E-state index contributed by atoms with van der Waals surface area (Å²) in [6, 6.07) is 8.47. The molecular formula is C15H15NO4. The molecule has 1 aromatic rings. The SMILES string of the molecule is CC1=CC(=O)N(C(CCC(=O)O)c2ccccc2)C1=O. The summed E-state index contributed by atoms with van der Waals surface area (Å²) >= 11 is 0. The Morgan fingerprint density at radius 3 is 2.40 bits per heavy atom. The molecule has 0 radical (unpaired) electrons. The van der Waals surface area contributed by atoms with E-state index in [9.17, 15) is 14.4 Å². The van der Waals surface area contributed by atoms with Crippen molar-refractivity contribution in [3.8, 4) is 0 Å². The van der Waals surface area contributed by atoms with E-state index in [0.29, 0.717) is 5.57 Å². The first kappa shape index (κ1) is 14.0. The van der Waals surface area contributed by atoms with Gasteiger partial charge in [-0.2, -0.15) is 0 Å². The molecule has 1 aliphatic heterocycles. The van der Waals surface area contributed by atoms with Gasteiger partial charge in [-0.05, 0) is 18.9 Å². The van der Waals surface area contributed by atoms with Crippen LogP contribution in [0.1, 0.15) is 31.4 Å². The summed E-state index contributed by atoms with van der Waals surface area (Å²) in [7, 11) is 0. The largest absolute Gasteiger partial charge is 0.481 e. The fourth-order valence-corrected chi connectivity index (χ4v) is 2.28. The van der Waals surface area contributed by atoms with Gasteiger partial charge in [0.15, 0.2) is 0 Å². The molecule has 1 heterocycles. The van der Waals surface area contributed by atoms with Crippen molar-refractivity contribution in [2.45, 2.75) is 25.8 Å². The summed E-state index contributed by atoms with van der Waals surface area (Å²) in [6.45, 7) is 1.58. The molecule has 0 aromatic heterocycles. The molecule has 2 amide bonds. The molecule has 0 aliphatic carbocycles. The monoisotopic (exact) mass is 273 g/mol. The molecule has 0 saturated carbocycles. The minimum Gasteiger partial charge on any atom is -0.481 e. The first-order valence-electron chi connectivity index (χ1n) is 6.33. The average Bonchev–Trinajstić information content (AvgIpc) is 2.66. The van der Waals surface area contributed by atoms with Crippen LogP contribution in [0.25, 0.3) is 0 Å². The summed E-state index contributed by atoms with van der Waals surface area (Å²) in [4.78, 5) is 35.9. The maximum absolute atomic E-state index is 12.1. The third kappa shape index (κ3) is 2.77. The van der Waals surface area contributed by atoms with Crippen LogP contribution in [0.3, 0.4) is 0 Å². The second-order valence-corrected chi connectivity index (χ2v) is 4.70. The lowest BCUT2D eigenvalue weighted by molar-refractivity contribution is -0.143. The Morgan fingerprint density at radius 2 is 1.90 bits per heavy atom. The van der Waals surface area contributed by atoms with Crippen molar-refractivity contribution in [2.24, 2.45) is 0 Å². The minimum atomic E-state index is -0.949. The van der Waals surface area contributed by atoms with Gasteiger partial charge in [-0.25, -0.2) is 0 Å². The Hall–Kier alpha value is -2.43. The highest BCUT2D eigenvalue weighted by Crippen LogP contribution is 2.30. The van der Waals surface area contributed by atoms with Crippen LogP contribution in [0.4, 0.5) is 0 Å². The molecule has 1 aromatic carbocycles. The van der Waals surface area contributed by atoms with E-state index in [4.69, 9.17) is 5.11 Å². The number of aliphatic carboxylic acids is 1. The molecule has 104 valence electrons. The van der Waals surface area contributed by atoms with E-state index < -0.39 is 12.0 Å². The van der Waals surface area contributed by atoms with E-state index in [1.165, 1.54) is 6.08 Å². The van der Waals surface area contributed by atoms with Gasteiger partial charge in [0.1, 0.15) is 0 Å². The van der Waals surface area contributed by atoms with Crippen LogP contribution < -0.4 is 0 Å². The van der Waals surface area contributed by atoms with Crippen LogP contribution in [-0.2, 0) is 14.4 Å². The molecule has 5 nitrogen and oxygen atoms in total. The molecule has 1 aliphatic rings. The number of imide groups is 1. The third-order valence-corrected chi connectivity index (χ3v) is 3.26. The van der Waals surface area contributed by atoms with Gasteiger partial charge >= 0.3 is 5.97 Å².